The van der Waals surface area contributed by atoms with Gasteiger partial charge in [-0.2, -0.15) is 18.2 Å². The fraction of sp³-hybridized carbons (Fsp3) is 0.286. The summed E-state index contributed by atoms with van der Waals surface area (Å²) < 4.78 is 43.5. The summed E-state index contributed by atoms with van der Waals surface area (Å²) in [5.41, 5.74) is -0.219. The summed E-state index contributed by atoms with van der Waals surface area (Å²) in [6.07, 6.45) is -4.65. The van der Waals surface area contributed by atoms with E-state index in [1.54, 1.807) is 24.0 Å². The minimum absolute atomic E-state index is 0.0778. The number of nitrogens with one attached hydrogen (secondary N) is 1. The third-order valence-electron chi connectivity index (χ3n) is 3.21. The Labute approximate surface area is 118 Å². The zero-order chi connectivity index (χ0) is 15.8. The van der Waals surface area contributed by atoms with Crippen molar-refractivity contribution in [2.24, 2.45) is 0 Å². The van der Waals surface area contributed by atoms with Gasteiger partial charge in [0.1, 0.15) is 11.4 Å². The lowest BCUT2D eigenvalue weighted by molar-refractivity contribution is -0.141. The van der Waals surface area contributed by atoms with Gasteiger partial charge >= 0.3 is 11.9 Å². The van der Waals surface area contributed by atoms with Crippen LogP contribution in [0.2, 0.25) is 0 Å². The van der Waals surface area contributed by atoms with Crippen molar-refractivity contribution in [3.8, 4) is 17.0 Å². The van der Waals surface area contributed by atoms with Gasteiger partial charge in [0.05, 0.1) is 12.8 Å². The molecular formula is C14H13F3N2O2. The molecule has 0 unspecified atom stereocenters. The van der Waals surface area contributed by atoms with Crippen molar-refractivity contribution in [3.05, 3.63) is 45.5 Å². The molecular weight excluding hydrogens is 285 g/mol. The van der Waals surface area contributed by atoms with E-state index in [4.69, 9.17) is 4.74 Å². The van der Waals surface area contributed by atoms with E-state index in [1.807, 2.05) is 6.92 Å². The second-order valence-corrected chi connectivity index (χ2v) is 4.57. The van der Waals surface area contributed by atoms with Crippen LogP contribution >= 0.6 is 0 Å². The normalized spacial score (nSPS) is 11.5. The maximum atomic E-state index is 12.8. The van der Waals surface area contributed by atoms with Gasteiger partial charge in [-0.3, -0.25) is 0 Å². The predicted octanol–water partition coefficient (Wildman–Crippen LogP) is 3.08. The fourth-order valence-corrected chi connectivity index (χ4v) is 2.00. The van der Waals surface area contributed by atoms with Crippen LogP contribution < -0.4 is 10.4 Å². The molecule has 21 heavy (non-hydrogen) atoms. The molecule has 0 saturated carbocycles. The third kappa shape index (κ3) is 2.91. The number of aromatic nitrogens is 2. The first kappa shape index (κ1) is 15.1. The zero-order valence-corrected chi connectivity index (χ0v) is 11.6. The summed E-state index contributed by atoms with van der Waals surface area (Å²) >= 11 is 0. The molecule has 0 radical (unpaired) electrons. The molecule has 0 aliphatic heterocycles. The van der Waals surface area contributed by atoms with Gasteiger partial charge in [-0.1, -0.05) is 6.07 Å². The molecule has 0 saturated heterocycles. The van der Waals surface area contributed by atoms with Crippen LogP contribution in [0.25, 0.3) is 11.3 Å². The van der Waals surface area contributed by atoms with Crippen molar-refractivity contribution in [3.63, 3.8) is 0 Å². The van der Waals surface area contributed by atoms with E-state index in [-0.39, 0.29) is 5.69 Å². The maximum Gasteiger partial charge on any atom is 0.431 e. The summed E-state index contributed by atoms with van der Waals surface area (Å²) in [5, 5.41) is 0. The number of hydrogen-bond acceptors (Lipinski definition) is 3. The molecule has 0 bridgehead atoms. The minimum Gasteiger partial charge on any atom is -0.496 e. The molecule has 0 fully saturated rings. The zero-order valence-electron chi connectivity index (χ0n) is 11.6. The molecule has 0 aliphatic rings. The molecule has 0 amide bonds. The van der Waals surface area contributed by atoms with Gasteiger partial charge < -0.3 is 9.72 Å². The van der Waals surface area contributed by atoms with E-state index in [1.165, 1.54) is 7.11 Å². The quantitative estimate of drug-likeness (QED) is 0.927. The van der Waals surface area contributed by atoms with Crippen molar-refractivity contribution in [1.29, 1.82) is 0 Å². The standard InChI is InChI=1S/C14H13F3N2O2/c1-7-4-5-9(12(21-3)8(7)2)10-6-11(14(15,16)17)19-13(20)18-10/h4-6H,1-3H3,(H,18,19,20). The number of alkyl halides is 3. The molecule has 1 N–H and O–H groups in total. The van der Waals surface area contributed by atoms with E-state index in [0.717, 1.165) is 17.2 Å². The lowest BCUT2D eigenvalue weighted by Gasteiger charge is -2.14. The van der Waals surface area contributed by atoms with Crippen molar-refractivity contribution in [2.45, 2.75) is 20.0 Å². The van der Waals surface area contributed by atoms with Gasteiger partial charge in [-0.25, -0.2) is 4.79 Å². The number of nitrogens with zero attached hydrogens (tertiary/aromatic N) is 1. The summed E-state index contributed by atoms with van der Waals surface area (Å²) in [5.74, 6) is 0.404. The number of rotatable bonds is 2. The summed E-state index contributed by atoms with van der Waals surface area (Å²) in [6, 6.07) is 4.13. The topological polar surface area (TPSA) is 55.0 Å². The van der Waals surface area contributed by atoms with Crippen LogP contribution in [0.1, 0.15) is 16.8 Å². The second-order valence-electron chi connectivity index (χ2n) is 4.57. The SMILES string of the molecule is COc1c(-c2cc(C(F)(F)F)[nH]c(=O)n2)ccc(C)c1C. The molecule has 7 heteroatoms. The number of hydrogen-bond donors (Lipinski definition) is 1. The minimum atomic E-state index is -4.65. The van der Waals surface area contributed by atoms with Gasteiger partial charge in [0.2, 0.25) is 0 Å². The van der Waals surface area contributed by atoms with Crippen molar-refractivity contribution in [2.75, 3.05) is 7.11 Å². The van der Waals surface area contributed by atoms with E-state index in [2.05, 4.69) is 4.98 Å². The molecule has 0 spiro atoms. The Morgan fingerprint density at radius 3 is 2.48 bits per heavy atom. The average Bonchev–Trinajstić information content (AvgIpc) is 2.40. The van der Waals surface area contributed by atoms with Crippen LogP contribution in [0.4, 0.5) is 13.2 Å². The maximum absolute atomic E-state index is 12.8. The molecule has 2 aromatic rings. The Morgan fingerprint density at radius 1 is 1.24 bits per heavy atom. The number of H-pyrrole nitrogens is 1. The summed E-state index contributed by atoms with van der Waals surface area (Å²) in [6.45, 7) is 3.64. The first-order chi connectivity index (χ1) is 9.74. The Morgan fingerprint density at radius 2 is 1.90 bits per heavy atom. The number of ether oxygens (including phenoxy) is 1. The van der Waals surface area contributed by atoms with Crippen molar-refractivity contribution < 1.29 is 17.9 Å². The Hall–Kier alpha value is -2.31. The van der Waals surface area contributed by atoms with Crippen molar-refractivity contribution in [1.82, 2.24) is 9.97 Å². The first-order valence-corrected chi connectivity index (χ1v) is 6.07. The van der Waals surface area contributed by atoms with Gasteiger partial charge in [0.15, 0.2) is 0 Å². The molecule has 1 heterocycles. The molecule has 112 valence electrons. The number of halogens is 3. The largest absolute Gasteiger partial charge is 0.496 e. The molecule has 4 nitrogen and oxygen atoms in total. The number of aryl methyl sites for hydroxylation is 1. The molecule has 0 aliphatic carbocycles. The van der Waals surface area contributed by atoms with Crippen LogP contribution in [0.3, 0.4) is 0 Å². The molecule has 2 rings (SSSR count). The summed E-state index contributed by atoms with van der Waals surface area (Å²) in [4.78, 5) is 16.7. The van der Waals surface area contributed by atoms with E-state index < -0.39 is 17.6 Å². The van der Waals surface area contributed by atoms with E-state index in [0.29, 0.717) is 11.3 Å². The van der Waals surface area contributed by atoms with Gasteiger partial charge in [-0.15, -0.1) is 0 Å². The fourth-order valence-electron chi connectivity index (χ4n) is 2.00. The third-order valence-corrected chi connectivity index (χ3v) is 3.21. The summed E-state index contributed by atoms with van der Waals surface area (Å²) in [7, 11) is 1.42. The highest BCUT2D eigenvalue weighted by molar-refractivity contribution is 5.70. The number of aromatic amines is 1. The molecule has 1 aromatic heterocycles. The van der Waals surface area contributed by atoms with Gasteiger partial charge in [0.25, 0.3) is 0 Å². The number of methoxy groups -OCH3 is 1. The Bertz CT molecular complexity index is 736. The van der Waals surface area contributed by atoms with E-state index >= 15 is 0 Å². The predicted molar refractivity (Wildman–Crippen MR) is 71.3 cm³/mol. The number of benzene rings is 1. The average molecular weight is 298 g/mol. The van der Waals surface area contributed by atoms with Crippen LogP contribution in [-0.2, 0) is 6.18 Å². The second kappa shape index (κ2) is 5.23. The smallest absolute Gasteiger partial charge is 0.431 e. The van der Waals surface area contributed by atoms with Gasteiger partial charge in [-0.05, 0) is 37.1 Å². The first-order valence-electron chi connectivity index (χ1n) is 6.07. The lowest BCUT2D eigenvalue weighted by atomic mass is 10.0. The monoisotopic (exact) mass is 298 g/mol. The highest BCUT2D eigenvalue weighted by Gasteiger charge is 2.33. The Kier molecular flexibility index (Phi) is 3.76. The van der Waals surface area contributed by atoms with Crippen molar-refractivity contribution >= 4 is 0 Å². The highest BCUT2D eigenvalue weighted by atomic mass is 19.4. The lowest BCUT2D eigenvalue weighted by Crippen LogP contribution is -2.19. The molecule has 1 aromatic carbocycles. The van der Waals surface area contributed by atoms with E-state index in [9.17, 15) is 18.0 Å². The van der Waals surface area contributed by atoms with Gasteiger partial charge in [0, 0.05) is 5.56 Å². The molecule has 0 atom stereocenters. The van der Waals surface area contributed by atoms with Crippen LogP contribution in [0.5, 0.6) is 5.75 Å². The van der Waals surface area contributed by atoms with Crippen LogP contribution in [-0.4, -0.2) is 17.1 Å². The highest BCUT2D eigenvalue weighted by Crippen LogP contribution is 2.35. The Balaban J connectivity index is 2.71. The van der Waals surface area contributed by atoms with Crippen LogP contribution in [0.15, 0.2) is 23.0 Å². The van der Waals surface area contributed by atoms with Crippen LogP contribution in [0, 0.1) is 13.8 Å².